The molecule has 0 amide bonds. The molecule has 8 aromatic rings. The molecule has 2 heteroatoms. The van der Waals surface area contributed by atoms with Gasteiger partial charge in [-0.25, -0.2) is 0 Å². The Hall–Kier alpha value is -5.54. The smallest absolute Gasteiger partial charge is 0.0361 e. The summed E-state index contributed by atoms with van der Waals surface area (Å²) in [6.45, 7) is 8.03. The van der Waals surface area contributed by atoms with Crippen LogP contribution in [0.2, 0.25) is 0 Å². The SMILES string of the molecule is C=C/C=C\C(=C)c1ccc(-c2ccccccc(-c3ccc4sc5cc6cc7c(cc6cc5c4c3)sc3ccccc37)c3c2=CCCC=3)cc1. The van der Waals surface area contributed by atoms with Crippen molar-refractivity contribution in [2.75, 3.05) is 0 Å². The molecule has 50 heavy (non-hydrogen) atoms. The predicted octanol–water partition coefficient (Wildman–Crippen LogP) is 13.1. The van der Waals surface area contributed by atoms with Crippen LogP contribution in [0.5, 0.6) is 0 Å². The summed E-state index contributed by atoms with van der Waals surface area (Å²) < 4.78 is 5.36. The molecule has 0 nitrogen and oxygen atoms in total. The van der Waals surface area contributed by atoms with Gasteiger partial charge >= 0.3 is 0 Å². The van der Waals surface area contributed by atoms with E-state index in [1.54, 1.807) is 6.08 Å². The molecule has 0 radical (unpaired) electrons. The Labute approximate surface area is 299 Å². The van der Waals surface area contributed by atoms with E-state index in [4.69, 9.17) is 0 Å². The van der Waals surface area contributed by atoms with Gasteiger partial charge in [0.15, 0.2) is 0 Å². The van der Waals surface area contributed by atoms with Crippen molar-refractivity contribution in [2.45, 2.75) is 12.8 Å². The molecule has 9 rings (SSSR count). The molecule has 0 saturated carbocycles. The number of hydrogen-bond donors (Lipinski definition) is 0. The highest BCUT2D eigenvalue weighted by molar-refractivity contribution is 7.26. The number of rotatable bonds is 5. The van der Waals surface area contributed by atoms with Crippen molar-refractivity contribution in [3.8, 4) is 22.3 Å². The van der Waals surface area contributed by atoms with Crippen LogP contribution >= 0.6 is 22.7 Å². The summed E-state index contributed by atoms with van der Waals surface area (Å²) in [6, 6.07) is 47.3. The topological polar surface area (TPSA) is 0 Å². The monoisotopic (exact) mass is 674 g/mol. The Morgan fingerprint density at radius 1 is 0.520 bits per heavy atom. The molecular formula is C48H34S2. The number of benzene rings is 5. The molecule has 2 heterocycles. The van der Waals surface area contributed by atoms with Crippen LogP contribution in [0.15, 0.2) is 159 Å². The molecule has 6 aromatic carbocycles. The fourth-order valence-electron chi connectivity index (χ4n) is 7.35. The third-order valence-corrected chi connectivity index (χ3v) is 12.1. The van der Waals surface area contributed by atoms with Gasteiger partial charge in [-0.15, -0.1) is 22.7 Å². The zero-order valence-corrected chi connectivity index (χ0v) is 29.3. The van der Waals surface area contributed by atoms with Gasteiger partial charge in [0.1, 0.15) is 0 Å². The van der Waals surface area contributed by atoms with Crippen molar-refractivity contribution >= 4 is 91.5 Å². The number of hydrogen-bond acceptors (Lipinski definition) is 2. The lowest BCUT2D eigenvalue weighted by Gasteiger charge is -2.10. The molecule has 0 spiro atoms. The van der Waals surface area contributed by atoms with E-state index in [1.807, 2.05) is 34.8 Å². The molecule has 0 bridgehead atoms. The maximum absolute atomic E-state index is 4.24. The summed E-state index contributed by atoms with van der Waals surface area (Å²) in [5.41, 5.74) is 7.00. The van der Waals surface area contributed by atoms with Gasteiger partial charge in [0, 0.05) is 40.3 Å². The van der Waals surface area contributed by atoms with Crippen molar-refractivity contribution in [2.24, 2.45) is 0 Å². The molecule has 0 atom stereocenters. The average Bonchev–Trinajstić information content (AvgIpc) is 3.70. The van der Waals surface area contributed by atoms with E-state index < -0.39 is 0 Å². The van der Waals surface area contributed by atoms with Crippen LogP contribution in [-0.4, -0.2) is 0 Å². The van der Waals surface area contributed by atoms with E-state index in [1.165, 1.54) is 83.8 Å². The Kier molecular flexibility index (Phi) is 7.77. The molecule has 1 aliphatic carbocycles. The van der Waals surface area contributed by atoms with Crippen LogP contribution in [0.25, 0.3) is 91.1 Å². The van der Waals surface area contributed by atoms with Gasteiger partial charge in [0.25, 0.3) is 0 Å². The second kappa shape index (κ2) is 12.7. The Balaban J connectivity index is 1.22. The van der Waals surface area contributed by atoms with Crippen molar-refractivity contribution in [1.29, 1.82) is 0 Å². The first kappa shape index (κ1) is 30.5. The highest BCUT2D eigenvalue weighted by Crippen LogP contribution is 2.41. The fraction of sp³-hybridized carbons (Fsp3) is 0.0417. The van der Waals surface area contributed by atoms with E-state index in [0.717, 1.165) is 24.0 Å². The van der Waals surface area contributed by atoms with Crippen LogP contribution in [0, 0.1) is 0 Å². The Morgan fingerprint density at radius 3 is 1.76 bits per heavy atom. The standard InChI is InChI=1S/C48H34S2/c1-3-4-13-31(2)32-20-22-33(23-21-32)37-14-7-5-6-8-15-38(40-17-10-9-16-39(37)40)34-24-25-46-43(26-34)44-28-36-29-47-42(27-35(36)30-48(44)50-46)41-18-11-12-19-45(41)49-47/h3-8,11-30H,1-2,9-10H2/b7-5?,8-6?,13-4-,37-14?,38-15?. The highest BCUT2D eigenvalue weighted by Gasteiger charge is 2.13. The van der Waals surface area contributed by atoms with E-state index in [2.05, 4.69) is 153 Å². The van der Waals surface area contributed by atoms with Gasteiger partial charge in [-0.1, -0.05) is 128 Å². The zero-order chi connectivity index (χ0) is 33.6. The van der Waals surface area contributed by atoms with E-state index in [0.29, 0.717) is 0 Å². The fourth-order valence-corrected chi connectivity index (χ4v) is 9.61. The van der Waals surface area contributed by atoms with Gasteiger partial charge in [-0.3, -0.25) is 0 Å². The van der Waals surface area contributed by atoms with E-state index >= 15 is 0 Å². The maximum atomic E-state index is 4.24. The first-order valence-electron chi connectivity index (χ1n) is 17.1. The summed E-state index contributed by atoms with van der Waals surface area (Å²) in [5.74, 6) is 0. The number of thiophene rings is 2. The average molecular weight is 675 g/mol. The normalized spacial score (nSPS) is 12.6. The second-order valence-electron chi connectivity index (χ2n) is 12.9. The third-order valence-electron chi connectivity index (χ3n) is 9.83. The molecule has 238 valence electrons. The number of fused-ring (bicyclic) bond motifs is 8. The van der Waals surface area contributed by atoms with Crippen LogP contribution in [-0.2, 0) is 0 Å². The molecule has 0 fully saturated rings. The molecule has 0 unspecified atom stereocenters. The summed E-state index contributed by atoms with van der Waals surface area (Å²) in [7, 11) is 0. The first-order chi connectivity index (χ1) is 24.6. The largest absolute Gasteiger partial charge is 0.135 e. The van der Waals surface area contributed by atoms with Crippen LogP contribution in [0.1, 0.15) is 18.4 Å². The zero-order valence-electron chi connectivity index (χ0n) is 27.7. The quantitative estimate of drug-likeness (QED) is 0.159. The lowest BCUT2D eigenvalue weighted by atomic mass is 9.94. The lowest BCUT2D eigenvalue weighted by molar-refractivity contribution is 1.12. The number of allylic oxidation sites excluding steroid dienone is 4. The van der Waals surface area contributed by atoms with E-state index in [-0.39, 0.29) is 0 Å². The predicted molar refractivity (Wildman–Crippen MR) is 224 cm³/mol. The summed E-state index contributed by atoms with van der Waals surface area (Å²) in [4.78, 5) is 0. The summed E-state index contributed by atoms with van der Waals surface area (Å²) >= 11 is 3.78. The van der Waals surface area contributed by atoms with Gasteiger partial charge in [-0.05, 0) is 110 Å². The van der Waals surface area contributed by atoms with Gasteiger partial charge in [0.05, 0.1) is 0 Å². The first-order valence-corrected chi connectivity index (χ1v) is 18.8. The molecule has 2 aromatic heterocycles. The minimum absolute atomic E-state index is 0.974. The molecular weight excluding hydrogens is 641 g/mol. The molecule has 0 aliphatic heterocycles. The van der Waals surface area contributed by atoms with Crippen molar-refractivity contribution in [3.05, 3.63) is 175 Å². The Morgan fingerprint density at radius 2 is 1.08 bits per heavy atom. The minimum atomic E-state index is 0.974. The summed E-state index contributed by atoms with van der Waals surface area (Å²) in [6.07, 6.45) is 12.6. The summed E-state index contributed by atoms with van der Waals surface area (Å²) in [5, 5.41) is 10.5. The minimum Gasteiger partial charge on any atom is -0.135 e. The van der Waals surface area contributed by atoms with Gasteiger partial charge < -0.3 is 0 Å². The van der Waals surface area contributed by atoms with Crippen LogP contribution in [0.4, 0.5) is 0 Å². The van der Waals surface area contributed by atoms with Crippen molar-refractivity contribution in [1.82, 2.24) is 0 Å². The maximum Gasteiger partial charge on any atom is 0.0361 e. The van der Waals surface area contributed by atoms with Gasteiger partial charge in [-0.2, -0.15) is 0 Å². The van der Waals surface area contributed by atoms with Crippen molar-refractivity contribution in [3.63, 3.8) is 0 Å². The third kappa shape index (κ3) is 5.38. The van der Waals surface area contributed by atoms with Crippen LogP contribution < -0.4 is 10.4 Å². The molecule has 0 N–H and O–H groups in total. The van der Waals surface area contributed by atoms with Crippen molar-refractivity contribution < 1.29 is 0 Å². The van der Waals surface area contributed by atoms with Crippen LogP contribution in [0.3, 0.4) is 0 Å². The van der Waals surface area contributed by atoms with Gasteiger partial charge in [0.2, 0.25) is 0 Å². The molecule has 1 aliphatic rings. The molecule has 0 saturated heterocycles. The highest BCUT2D eigenvalue weighted by atomic mass is 32.1. The lowest BCUT2D eigenvalue weighted by Crippen LogP contribution is -2.29. The Bertz CT molecular complexity index is 2890. The van der Waals surface area contributed by atoms with E-state index in [9.17, 15) is 0 Å². The second-order valence-corrected chi connectivity index (χ2v) is 15.1.